The number of amides is 1. The molecule has 4 aromatic rings. The van der Waals surface area contributed by atoms with Crippen LogP contribution in [0.5, 0.6) is 0 Å². The van der Waals surface area contributed by atoms with Crippen LogP contribution in [0.1, 0.15) is 27.2 Å². The summed E-state index contributed by atoms with van der Waals surface area (Å²) in [6, 6.07) is 17.3. The van der Waals surface area contributed by atoms with E-state index in [0.29, 0.717) is 27.5 Å². The standard InChI is InChI=1S/C23H21ClN4O3S/c1-16-7-9-20(32(30,31)26-12-17-5-3-2-4-6-17)11-21(16)23(29)25-13-19-15-28-14-18(24)8-10-22(28)27-19/h2-11,14-15,26H,12-13H2,1H3,(H,25,29). The van der Waals surface area contributed by atoms with Crippen LogP contribution in [0.25, 0.3) is 5.65 Å². The quantitative estimate of drug-likeness (QED) is 0.432. The van der Waals surface area contributed by atoms with Gasteiger partial charge in [-0.2, -0.15) is 0 Å². The van der Waals surface area contributed by atoms with E-state index in [-0.39, 0.29) is 23.9 Å². The lowest BCUT2D eigenvalue weighted by atomic mass is 10.1. The number of aryl methyl sites for hydroxylation is 1. The number of nitrogens with zero attached hydrogens (tertiary/aromatic N) is 2. The Morgan fingerprint density at radius 1 is 1.03 bits per heavy atom. The van der Waals surface area contributed by atoms with Crippen molar-refractivity contribution < 1.29 is 13.2 Å². The second-order valence-corrected chi connectivity index (χ2v) is 9.52. The fourth-order valence-electron chi connectivity index (χ4n) is 3.24. The predicted molar refractivity (Wildman–Crippen MR) is 123 cm³/mol. The highest BCUT2D eigenvalue weighted by Crippen LogP contribution is 2.17. The third kappa shape index (κ3) is 4.99. The van der Waals surface area contributed by atoms with Gasteiger partial charge in [-0.3, -0.25) is 4.79 Å². The van der Waals surface area contributed by atoms with Crippen LogP contribution in [0.4, 0.5) is 0 Å². The van der Waals surface area contributed by atoms with Gasteiger partial charge in [-0.15, -0.1) is 0 Å². The van der Waals surface area contributed by atoms with Crippen molar-refractivity contribution in [2.45, 2.75) is 24.9 Å². The van der Waals surface area contributed by atoms with E-state index < -0.39 is 10.0 Å². The molecule has 2 heterocycles. The average molecular weight is 469 g/mol. The summed E-state index contributed by atoms with van der Waals surface area (Å²) in [5.41, 5.74) is 3.18. The summed E-state index contributed by atoms with van der Waals surface area (Å²) in [6.45, 7) is 2.12. The minimum atomic E-state index is -3.78. The Morgan fingerprint density at radius 2 is 1.81 bits per heavy atom. The van der Waals surface area contributed by atoms with Crippen molar-refractivity contribution in [2.75, 3.05) is 0 Å². The molecule has 7 nitrogen and oxygen atoms in total. The number of pyridine rings is 1. The number of carbonyl (C=O) groups excluding carboxylic acids is 1. The minimum absolute atomic E-state index is 0.0338. The summed E-state index contributed by atoms with van der Waals surface area (Å²) in [7, 11) is -3.78. The molecule has 164 valence electrons. The molecular weight excluding hydrogens is 448 g/mol. The van der Waals surface area contributed by atoms with Gasteiger partial charge in [-0.25, -0.2) is 18.1 Å². The van der Waals surface area contributed by atoms with Crippen molar-refractivity contribution in [1.82, 2.24) is 19.4 Å². The highest BCUT2D eigenvalue weighted by molar-refractivity contribution is 7.89. The molecule has 0 aliphatic carbocycles. The monoisotopic (exact) mass is 468 g/mol. The Balaban J connectivity index is 1.47. The zero-order valence-corrected chi connectivity index (χ0v) is 18.8. The van der Waals surface area contributed by atoms with Gasteiger partial charge in [0.25, 0.3) is 5.91 Å². The molecule has 4 rings (SSSR count). The minimum Gasteiger partial charge on any atom is -0.346 e. The Morgan fingerprint density at radius 3 is 2.59 bits per heavy atom. The van der Waals surface area contributed by atoms with E-state index in [2.05, 4.69) is 15.0 Å². The molecule has 1 amide bonds. The lowest BCUT2D eigenvalue weighted by Gasteiger charge is -2.11. The van der Waals surface area contributed by atoms with Crippen LogP contribution in [0.15, 0.2) is 78.0 Å². The first kappa shape index (κ1) is 22.0. The fraction of sp³-hybridized carbons (Fsp3) is 0.130. The van der Waals surface area contributed by atoms with Crippen LogP contribution in [0, 0.1) is 6.92 Å². The highest BCUT2D eigenvalue weighted by atomic mass is 35.5. The van der Waals surface area contributed by atoms with Crippen LogP contribution >= 0.6 is 11.6 Å². The van der Waals surface area contributed by atoms with Crippen molar-refractivity contribution in [3.8, 4) is 0 Å². The third-order valence-electron chi connectivity index (χ3n) is 4.97. The maximum atomic E-state index is 12.8. The van der Waals surface area contributed by atoms with Gasteiger partial charge in [0.15, 0.2) is 0 Å². The molecule has 0 unspecified atom stereocenters. The summed E-state index contributed by atoms with van der Waals surface area (Å²) in [5.74, 6) is -0.377. The lowest BCUT2D eigenvalue weighted by molar-refractivity contribution is 0.0949. The molecule has 2 aromatic heterocycles. The summed E-state index contributed by atoms with van der Waals surface area (Å²) in [4.78, 5) is 17.3. The molecule has 32 heavy (non-hydrogen) atoms. The maximum absolute atomic E-state index is 12.8. The van der Waals surface area contributed by atoms with E-state index in [9.17, 15) is 13.2 Å². The van der Waals surface area contributed by atoms with Crippen molar-refractivity contribution in [1.29, 1.82) is 0 Å². The van der Waals surface area contributed by atoms with E-state index >= 15 is 0 Å². The molecule has 0 atom stereocenters. The Hall–Kier alpha value is -3.20. The van der Waals surface area contributed by atoms with Gasteiger partial charge in [0.1, 0.15) is 5.65 Å². The summed E-state index contributed by atoms with van der Waals surface area (Å²) in [6.07, 6.45) is 3.51. The first-order valence-corrected chi connectivity index (χ1v) is 11.7. The summed E-state index contributed by atoms with van der Waals surface area (Å²) in [5, 5.41) is 3.39. The van der Waals surface area contributed by atoms with Crippen LogP contribution in [0.2, 0.25) is 5.02 Å². The number of imidazole rings is 1. The van der Waals surface area contributed by atoms with Crippen LogP contribution in [0.3, 0.4) is 0 Å². The SMILES string of the molecule is Cc1ccc(S(=O)(=O)NCc2ccccc2)cc1C(=O)NCc1cn2cc(Cl)ccc2n1. The number of halogens is 1. The van der Waals surface area contributed by atoms with E-state index in [0.717, 1.165) is 5.56 Å². The summed E-state index contributed by atoms with van der Waals surface area (Å²) < 4.78 is 29.8. The fourth-order valence-corrected chi connectivity index (χ4v) is 4.45. The Labute approximate surface area is 191 Å². The molecule has 0 spiro atoms. The van der Waals surface area contributed by atoms with Crippen LogP contribution in [-0.2, 0) is 23.1 Å². The molecule has 0 saturated heterocycles. The second-order valence-electron chi connectivity index (χ2n) is 7.31. The molecule has 0 fully saturated rings. The lowest BCUT2D eigenvalue weighted by Crippen LogP contribution is -2.26. The average Bonchev–Trinajstić information content (AvgIpc) is 3.19. The number of carbonyl (C=O) groups is 1. The number of sulfonamides is 1. The third-order valence-corrected chi connectivity index (χ3v) is 6.59. The first-order valence-electron chi connectivity index (χ1n) is 9.87. The number of aromatic nitrogens is 2. The zero-order valence-electron chi connectivity index (χ0n) is 17.2. The van der Waals surface area contributed by atoms with E-state index in [1.165, 1.54) is 12.1 Å². The van der Waals surface area contributed by atoms with Crippen LogP contribution < -0.4 is 10.0 Å². The maximum Gasteiger partial charge on any atom is 0.251 e. The second kappa shape index (κ2) is 9.12. The van der Waals surface area contributed by atoms with Crippen molar-refractivity contribution in [2.24, 2.45) is 0 Å². The molecule has 0 radical (unpaired) electrons. The molecule has 0 aliphatic heterocycles. The van der Waals surface area contributed by atoms with Gasteiger partial charge in [-0.05, 0) is 42.3 Å². The van der Waals surface area contributed by atoms with Gasteiger partial charge in [-0.1, -0.05) is 48.0 Å². The Kier molecular flexibility index (Phi) is 6.27. The zero-order chi connectivity index (χ0) is 22.7. The molecule has 0 aliphatic rings. The van der Waals surface area contributed by atoms with E-state index in [1.54, 1.807) is 41.9 Å². The number of nitrogens with one attached hydrogen (secondary N) is 2. The summed E-state index contributed by atoms with van der Waals surface area (Å²) >= 11 is 5.99. The van der Waals surface area contributed by atoms with E-state index in [1.807, 2.05) is 30.3 Å². The van der Waals surface area contributed by atoms with Gasteiger partial charge < -0.3 is 9.72 Å². The topological polar surface area (TPSA) is 92.6 Å². The molecule has 9 heteroatoms. The molecule has 0 bridgehead atoms. The number of rotatable bonds is 7. The first-order chi connectivity index (χ1) is 15.3. The highest BCUT2D eigenvalue weighted by Gasteiger charge is 2.18. The molecule has 2 aromatic carbocycles. The van der Waals surface area contributed by atoms with Gasteiger partial charge in [0.05, 0.1) is 22.2 Å². The molecule has 0 saturated carbocycles. The molecule has 2 N–H and O–H groups in total. The van der Waals surface area contributed by atoms with Crippen LogP contribution in [-0.4, -0.2) is 23.7 Å². The van der Waals surface area contributed by atoms with Crippen molar-refractivity contribution in [3.05, 3.63) is 100 Å². The van der Waals surface area contributed by atoms with Crippen molar-refractivity contribution in [3.63, 3.8) is 0 Å². The van der Waals surface area contributed by atoms with Gasteiger partial charge in [0.2, 0.25) is 10.0 Å². The van der Waals surface area contributed by atoms with E-state index in [4.69, 9.17) is 11.6 Å². The smallest absolute Gasteiger partial charge is 0.251 e. The number of hydrogen-bond donors (Lipinski definition) is 2. The molecular formula is C23H21ClN4O3S. The van der Waals surface area contributed by atoms with Gasteiger partial charge in [0, 0.05) is 24.5 Å². The number of benzene rings is 2. The number of fused-ring (bicyclic) bond motifs is 1. The van der Waals surface area contributed by atoms with Crippen molar-refractivity contribution >= 4 is 33.2 Å². The van der Waals surface area contributed by atoms with Gasteiger partial charge >= 0.3 is 0 Å². The predicted octanol–water partition coefficient (Wildman–Crippen LogP) is 3.70. The Bertz CT molecular complexity index is 1390. The largest absolute Gasteiger partial charge is 0.346 e. The normalized spacial score (nSPS) is 11.6. The number of hydrogen-bond acceptors (Lipinski definition) is 4.